The Morgan fingerprint density at radius 1 is 0.882 bits per heavy atom. The molecule has 5 N–H and O–H groups in total. The van der Waals surface area contributed by atoms with Gasteiger partial charge in [-0.25, -0.2) is 17.8 Å². The van der Waals surface area contributed by atoms with Gasteiger partial charge in [0, 0.05) is 75.8 Å². The summed E-state index contributed by atoms with van der Waals surface area (Å²) in [6.45, 7) is 12.3. The molecule has 6 aromatic rings. The molecule has 6 heterocycles. The molecule has 0 spiro atoms. The molecule has 3 aromatic heterocycles. The Hall–Kier alpha value is -7.71. The molecule has 4 atom stereocenters. The SMILES string of the molecule is COc1nc(Nc2cc(S(C)(=O)=O)ccc2N[C@@H](c2cccc3c2OC(F)(F)O3)c2ncccc2Cl)nc(N2CCN(CCOCCOCCOCCOc3cc(-c4scnc4C)ccc3CNC(=O)[C@@H]3C[C@@H](O)CN3C(=O)[C@@H](NC(=O)C3(F)CC3)C(C)(C)C)CC2)n1. The van der Waals surface area contributed by atoms with Crippen molar-refractivity contribution in [1.29, 1.82) is 0 Å². The summed E-state index contributed by atoms with van der Waals surface area (Å²) in [6.07, 6.45) is -2.19. The first-order valence-corrected chi connectivity index (χ1v) is 33.3. The average Bonchev–Trinajstić information content (AvgIpc) is 1.73. The molecule has 0 radical (unpaired) electrons. The zero-order valence-electron chi connectivity index (χ0n) is 52.1. The highest BCUT2D eigenvalue weighted by atomic mass is 35.5. The average molecular weight is 1350 g/mol. The molecule has 4 aliphatic rings. The van der Waals surface area contributed by atoms with E-state index in [0.29, 0.717) is 83.0 Å². The number of likely N-dealkylation sites (tertiary alicyclic amines) is 1. The number of alkyl halides is 3. The highest BCUT2D eigenvalue weighted by Gasteiger charge is 2.53. The van der Waals surface area contributed by atoms with E-state index in [4.69, 9.17) is 49.7 Å². The Labute approximate surface area is 544 Å². The summed E-state index contributed by atoms with van der Waals surface area (Å²) in [6, 6.07) is 14.3. The number of thiazole rings is 1. The molecule has 2 saturated heterocycles. The molecule has 3 fully saturated rings. The summed E-state index contributed by atoms with van der Waals surface area (Å²) in [5.41, 5.74) is 2.26. The lowest BCUT2D eigenvalue weighted by Crippen LogP contribution is -2.59. The first-order valence-electron chi connectivity index (χ1n) is 30.2. The van der Waals surface area contributed by atoms with Crippen molar-refractivity contribution in [3.05, 3.63) is 106 Å². The molecule has 3 aromatic carbocycles. The third kappa shape index (κ3) is 17.2. The fraction of sp³-hybridized carbons (Fsp3) is 0.484. The van der Waals surface area contributed by atoms with Gasteiger partial charge in [0.1, 0.15) is 24.4 Å². The Bertz CT molecular complexity index is 3770. The highest BCUT2D eigenvalue weighted by molar-refractivity contribution is 7.90. The summed E-state index contributed by atoms with van der Waals surface area (Å²) in [5, 5.41) is 22.8. The zero-order valence-corrected chi connectivity index (χ0v) is 54.5. The van der Waals surface area contributed by atoms with Gasteiger partial charge in [0.25, 0.3) is 5.91 Å². The number of methoxy groups -OCH3 is 1. The summed E-state index contributed by atoms with van der Waals surface area (Å²) in [7, 11) is -2.34. The van der Waals surface area contributed by atoms with Crippen molar-refractivity contribution in [2.24, 2.45) is 5.41 Å². The van der Waals surface area contributed by atoms with Crippen LogP contribution in [-0.2, 0) is 45.0 Å². The van der Waals surface area contributed by atoms with Crippen LogP contribution in [0.4, 0.5) is 36.4 Å². The number of aromatic nitrogens is 5. The van der Waals surface area contributed by atoms with Gasteiger partial charge in [0.15, 0.2) is 27.0 Å². The standard InChI is InChI=1S/C62H74ClF3N12O13S2/c1-37-52(92-36-69-37)38-12-13-39(34-68-54(80)46-32-40(79)35-78(46)55(81)53(60(2,3)4)72-56(82)61(64)16-17-61)48(31-38)89-30-29-88-28-27-87-26-25-86-24-23-76-19-21-77(22-20-76)58-73-57(74-59(75-58)85-5)71-45-33-41(93(6,83)84)14-15-44(45)70-49(50-43(63)10-8-18-67-50)42-9-7-11-47-51(42)91-62(65,66)90-47/h7-15,18,31,33,36,40,46,49,53,70,79H,16-17,19-30,32,34-35H2,1-6H3,(H,68,80)(H,72,82)(H,71,73,74,75)/t40-,46+,49+,53-/m1/s1. The molecule has 0 bridgehead atoms. The molecule has 25 nitrogen and oxygen atoms in total. The van der Waals surface area contributed by atoms with Crippen LogP contribution < -0.4 is 45.1 Å². The van der Waals surface area contributed by atoms with Crippen LogP contribution in [0.25, 0.3) is 10.4 Å². The van der Waals surface area contributed by atoms with Gasteiger partial charge in [-0.05, 0) is 73.2 Å². The number of sulfone groups is 1. The maximum absolute atomic E-state index is 14.7. The number of carbonyl (C=O) groups excluding carboxylic acids is 3. The molecule has 500 valence electrons. The second-order valence-electron chi connectivity index (χ2n) is 23.8. The van der Waals surface area contributed by atoms with Gasteiger partial charge in [0.2, 0.25) is 23.7 Å². The van der Waals surface area contributed by atoms with E-state index in [-0.39, 0.29) is 102 Å². The van der Waals surface area contributed by atoms with Gasteiger partial charge in [-0.1, -0.05) is 56.6 Å². The Morgan fingerprint density at radius 2 is 1.61 bits per heavy atom. The van der Waals surface area contributed by atoms with Crippen LogP contribution in [0.15, 0.2) is 83.3 Å². The lowest BCUT2D eigenvalue weighted by atomic mass is 9.85. The number of nitrogens with zero attached hydrogens (tertiary/aromatic N) is 8. The number of benzene rings is 3. The number of carbonyl (C=O) groups is 3. The van der Waals surface area contributed by atoms with Crippen LogP contribution in [0.3, 0.4) is 0 Å². The number of ether oxygens (including phenoxy) is 7. The number of β-amino-alcohol motifs (C(OH)–C–C–N with tert-alkyl or cyclic N) is 1. The van der Waals surface area contributed by atoms with Crippen molar-refractivity contribution in [2.75, 3.05) is 114 Å². The minimum absolute atomic E-state index is 0.0104. The number of aliphatic hydroxyl groups is 1. The minimum Gasteiger partial charge on any atom is -0.491 e. The molecule has 0 unspecified atom stereocenters. The lowest BCUT2D eigenvalue weighted by molar-refractivity contribution is -0.287. The predicted octanol–water partition coefficient (Wildman–Crippen LogP) is 6.89. The second kappa shape index (κ2) is 29.3. The fourth-order valence-electron chi connectivity index (χ4n) is 10.7. The third-order valence-electron chi connectivity index (χ3n) is 15.9. The molecule has 1 aliphatic carbocycles. The summed E-state index contributed by atoms with van der Waals surface area (Å²) < 4.78 is 108. The maximum Gasteiger partial charge on any atom is 0.586 e. The Kier molecular flexibility index (Phi) is 21.5. The first-order chi connectivity index (χ1) is 44.4. The molecular weight excluding hydrogens is 1280 g/mol. The second-order valence-corrected chi connectivity index (χ2v) is 27.1. The molecule has 1 saturated carbocycles. The molecule has 3 amide bonds. The molecule has 31 heteroatoms. The number of anilines is 4. The Morgan fingerprint density at radius 3 is 2.29 bits per heavy atom. The largest absolute Gasteiger partial charge is 0.586 e. The number of nitrogens with one attached hydrogen (secondary N) is 4. The zero-order chi connectivity index (χ0) is 66.2. The van der Waals surface area contributed by atoms with E-state index in [1.807, 2.05) is 30.0 Å². The van der Waals surface area contributed by atoms with E-state index in [1.54, 1.807) is 44.5 Å². The number of amides is 3. The van der Waals surface area contributed by atoms with Gasteiger partial charge in [-0.2, -0.15) is 15.0 Å². The number of fused-ring (bicyclic) bond motifs is 1. The van der Waals surface area contributed by atoms with Crippen LogP contribution in [0.1, 0.15) is 68.6 Å². The number of aliphatic hydroxyl groups excluding tert-OH is 1. The van der Waals surface area contributed by atoms with Crippen LogP contribution >= 0.6 is 22.9 Å². The number of hydrogen-bond acceptors (Lipinski definition) is 23. The van der Waals surface area contributed by atoms with Crippen LogP contribution in [-0.4, -0.2) is 195 Å². The lowest BCUT2D eigenvalue weighted by Gasteiger charge is -2.35. The number of piperazine rings is 1. The fourth-order valence-corrected chi connectivity index (χ4v) is 12.4. The number of halogens is 4. The summed E-state index contributed by atoms with van der Waals surface area (Å²) >= 11 is 8.15. The summed E-state index contributed by atoms with van der Waals surface area (Å²) in [5.74, 6) is -1.54. The number of para-hydroxylation sites is 1. The van der Waals surface area contributed by atoms with Crippen molar-refractivity contribution < 1.29 is 74.2 Å². The monoisotopic (exact) mass is 1350 g/mol. The number of aryl methyl sites for hydroxylation is 1. The van der Waals surface area contributed by atoms with Crippen molar-refractivity contribution in [3.8, 4) is 33.7 Å². The predicted molar refractivity (Wildman–Crippen MR) is 338 cm³/mol. The van der Waals surface area contributed by atoms with Gasteiger partial charge in [0.05, 0.1) is 102 Å². The van der Waals surface area contributed by atoms with E-state index in [2.05, 4.69) is 46.1 Å². The van der Waals surface area contributed by atoms with Gasteiger partial charge in [-0.15, -0.1) is 20.1 Å². The van der Waals surface area contributed by atoms with Crippen LogP contribution in [0.5, 0.6) is 23.3 Å². The van der Waals surface area contributed by atoms with Crippen LogP contribution in [0.2, 0.25) is 5.02 Å². The third-order valence-corrected chi connectivity index (χ3v) is 18.3. The van der Waals surface area contributed by atoms with E-state index < -0.39 is 69.2 Å². The van der Waals surface area contributed by atoms with Gasteiger partial charge in [-0.3, -0.25) is 24.3 Å². The van der Waals surface area contributed by atoms with Crippen molar-refractivity contribution in [2.45, 2.75) is 94.6 Å². The number of pyridine rings is 1. The number of hydrogen-bond donors (Lipinski definition) is 5. The smallest absolute Gasteiger partial charge is 0.491 e. The minimum atomic E-state index is -3.93. The normalized spacial score (nSPS) is 18.2. The summed E-state index contributed by atoms with van der Waals surface area (Å²) in [4.78, 5) is 69.4. The van der Waals surface area contributed by atoms with Gasteiger partial charge < -0.3 is 69.3 Å². The highest BCUT2D eigenvalue weighted by Crippen LogP contribution is 2.48. The number of rotatable bonds is 29. The molecule has 3 aliphatic heterocycles. The van der Waals surface area contributed by atoms with Crippen molar-refractivity contribution >= 4 is 73.8 Å². The van der Waals surface area contributed by atoms with E-state index in [1.165, 1.54) is 59.9 Å². The molecular formula is C62H74ClF3N12O13S2. The molecule has 10 rings (SSSR count). The molecule has 93 heavy (non-hydrogen) atoms. The first kappa shape index (κ1) is 68.2. The Balaban J connectivity index is 0.664. The maximum atomic E-state index is 14.7. The van der Waals surface area contributed by atoms with Crippen LogP contribution in [0, 0.1) is 12.3 Å². The van der Waals surface area contributed by atoms with E-state index >= 15 is 0 Å². The van der Waals surface area contributed by atoms with E-state index in [9.17, 15) is 41.1 Å². The quantitative estimate of drug-likeness (QED) is 0.0299. The van der Waals surface area contributed by atoms with Gasteiger partial charge >= 0.3 is 12.3 Å². The topological polar surface area (TPSA) is 292 Å². The van der Waals surface area contributed by atoms with Crippen molar-refractivity contribution in [3.63, 3.8) is 0 Å². The van der Waals surface area contributed by atoms with E-state index in [0.717, 1.165) is 22.4 Å². The van der Waals surface area contributed by atoms with Crippen molar-refractivity contribution in [1.82, 2.24) is 45.4 Å².